The van der Waals surface area contributed by atoms with Gasteiger partial charge < -0.3 is 0 Å². The van der Waals surface area contributed by atoms with E-state index in [1.165, 1.54) is 16.9 Å². The number of fused-ring (bicyclic) bond motifs is 1. The van der Waals surface area contributed by atoms with Gasteiger partial charge in [-0.2, -0.15) is 0 Å². The van der Waals surface area contributed by atoms with Crippen LogP contribution in [0.1, 0.15) is 10.4 Å². The second-order valence-electron chi connectivity index (χ2n) is 7.98. The summed E-state index contributed by atoms with van der Waals surface area (Å²) in [4.78, 5) is 23.8. The number of hydrogen-bond acceptors (Lipinski definition) is 5. The molecular weight excluding hydrogens is 470 g/mol. The van der Waals surface area contributed by atoms with Gasteiger partial charge >= 0.3 is 0 Å². The van der Waals surface area contributed by atoms with E-state index in [1.807, 2.05) is 71.4 Å². The van der Waals surface area contributed by atoms with Crippen LogP contribution in [0.5, 0.6) is 0 Å². The van der Waals surface area contributed by atoms with Crippen molar-refractivity contribution >= 4 is 44.6 Å². The van der Waals surface area contributed by atoms with Crippen LogP contribution in [-0.4, -0.2) is 15.9 Å². The molecule has 0 fully saturated rings. The Morgan fingerprint density at radius 3 is 2.23 bits per heavy atom. The summed E-state index contributed by atoms with van der Waals surface area (Å²) in [6.45, 7) is 0. The Labute approximate surface area is 210 Å². The quantitative estimate of drug-likeness (QED) is 0.267. The van der Waals surface area contributed by atoms with Gasteiger partial charge in [-0.3, -0.25) is 10.1 Å². The average molecular weight is 490 g/mol. The zero-order valence-corrected chi connectivity index (χ0v) is 20.1. The normalized spacial score (nSPS) is 11.0. The van der Waals surface area contributed by atoms with Crippen LogP contribution in [0.4, 0.5) is 5.13 Å². The fourth-order valence-corrected chi connectivity index (χ4v) is 5.41. The number of amides is 1. The third-order valence-electron chi connectivity index (χ3n) is 5.75. The molecule has 0 unspecified atom stereocenters. The predicted octanol–water partition coefficient (Wildman–Crippen LogP) is 8.01. The lowest BCUT2D eigenvalue weighted by molar-refractivity contribution is 0.102. The number of pyridine rings is 1. The topological polar surface area (TPSA) is 54.9 Å². The number of carbonyl (C=O) groups is 1. The summed E-state index contributed by atoms with van der Waals surface area (Å²) in [5.74, 6) is -0.193. The minimum atomic E-state index is -0.193. The van der Waals surface area contributed by atoms with E-state index in [1.54, 1.807) is 11.3 Å². The highest BCUT2D eigenvalue weighted by Gasteiger charge is 2.16. The number of hydrogen-bond donors (Lipinski definition) is 1. The van der Waals surface area contributed by atoms with Gasteiger partial charge in [0, 0.05) is 16.3 Å². The predicted molar refractivity (Wildman–Crippen MR) is 146 cm³/mol. The van der Waals surface area contributed by atoms with Crippen LogP contribution < -0.4 is 5.32 Å². The Morgan fingerprint density at radius 1 is 0.686 bits per heavy atom. The molecule has 1 amide bonds. The van der Waals surface area contributed by atoms with Crippen molar-refractivity contribution in [3.05, 3.63) is 113 Å². The molecule has 0 aliphatic rings. The number of nitrogens with zero attached hydrogens (tertiary/aromatic N) is 2. The smallest absolute Gasteiger partial charge is 0.258 e. The van der Waals surface area contributed by atoms with Gasteiger partial charge in [0.05, 0.1) is 27.3 Å². The van der Waals surface area contributed by atoms with E-state index >= 15 is 0 Å². The molecule has 0 radical (unpaired) electrons. The number of nitrogens with one attached hydrogen (secondary N) is 1. The molecule has 6 aromatic rings. The number of benzene rings is 3. The van der Waals surface area contributed by atoms with E-state index in [4.69, 9.17) is 4.98 Å². The van der Waals surface area contributed by atoms with E-state index in [0.717, 1.165) is 38.3 Å². The van der Waals surface area contributed by atoms with E-state index in [9.17, 15) is 4.79 Å². The van der Waals surface area contributed by atoms with Crippen molar-refractivity contribution in [2.75, 3.05) is 5.32 Å². The first-order chi connectivity index (χ1) is 17.2. The molecule has 0 aliphatic heterocycles. The molecule has 0 saturated carbocycles. The lowest BCUT2D eigenvalue weighted by Gasteiger charge is -2.08. The van der Waals surface area contributed by atoms with Crippen LogP contribution in [0.3, 0.4) is 0 Å². The molecule has 1 N–H and O–H groups in total. The summed E-state index contributed by atoms with van der Waals surface area (Å²) in [6.07, 6.45) is 0. The van der Waals surface area contributed by atoms with Crippen molar-refractivity contribution in [1.82, 2.24) is 9.97 Å². The van der Waals surface area contributed by atoms with Gasteiger partial charge in [0.15, 0.2) is 5.13 Å². The monoisotopic (exact) mass is 489 g/mol. The van der Waals surface area contributed by atoms with Gasteiger partial charge in [-0.1, -0.05) is 78.9 Å². The first-order valence-corrected chi connectivity index (χ1v) is 12.9. The standard InChI is InChI=1S/C29H19N3OS2/c33-28(23-17-25(27-11-6-16-34-27)30-24-10-5-4-9-22(23)24)32-29-31-26(18-35-29)21-14-12-20(13-15-21)19-7-2-1-3-8-19/h1-18H,(H,31,32,33). The van der Waals surface area contributed by atoms with Crippen molar-refractivity contribution < 1.29 is 4.79 Å². The fraction of sp³-hybridized carbons (Fsp3) is 0. The highest BCUT2D eigenvalue weighted by Crippen LogP contribution is 2.30. The molecule has 35 heavy (non-hydrogen) atoms. The summed E-state index contributed by atoms with van der Waals surface area (Å²) in [6, 6.07) is 32.2. The highest BCUT2D eigenvalue weighted by molar-refractivity contribution is 7.14. The van der Waals surface area contributed by atoms with Crippen molar-refractivity contribution in [2.24, 2.45) is 0 Å². The number of thiazole rings is 1. The SMILES string of the molecule is O=C(Nc1nc(-c2ccc(-c3ccccc3)cc2)cs1)c1cc(-c2cccs2)nc2ccccc12. The maximum absolute atomic E-state index is 13.3. The van der Waals surface area contributed by atoms with Gasteiger partial charge in [-0.15, -0.1) is 22.7 Å². The molecular formula is C29H19N3OS2. The number of rotatable bonds is 5. The van der Waals surface area contributed by atoms with Gasteiger partial charge in [0.25, 0.3) is 5.91 Å². The molecule has 4 nitrogen and oxygen atoms in total. The molecule has 0 saturated heterocycles. The maximum atomic E-state index is 13.3. The lowest BCUT2D eigenvalue weighted by Crippen LogP contribution is -2.13. The summed E-state index contributed by atoms with van der Waals surface area (Å²) < 4.78 is 0. The largest absolute Gasteiger partial charge is 0.298 e. The van der Waals surface area contributed by atoms with Crippen molar-refractivity contribution in [1.29, 1.82) is 0 Å². The van der Waals surface area contributed by atoms with Crippen molar-refractivity contribution in [2.45, 2.75) is 0 Å². The zero-order valence-electron chi connectivity index (χ0n) is 18.5. The zero-order chi connectivity index (χ0) is 23.6. The minimum absolute atomic E-state index is 0.193. The average Bonchev–Trinajstić information content (AvgIpc) is 3.62. The first-order valence-electron chi connectivity index (χ1n) is 11.1. The Hall–Kier alpha value is -4.13. The van der Waals surface area contributed by atoms with E-state index < -0.39 is 0 Å². The first kappa shape index (κ1) is 21.4. The lowest BCUT2D eigenvalue weighted by atomic mass is 10.0. The summed E-state index contributed by atoms with van der Waals surface area (Å²) in [5.41, 5.74) is 6.35. The number of para-hydroxylation sites is 1. The van der Waals surface area contributed by atoms with E-state index in [0.29, 0.717) is 10.7 Å². The molecule has 3 heterocycles. The van der Waals surface area contributed by atoms with Gasteiger partial charge in [0.2, 0.25) is 0 Å². The Balaban J connectivity index is 1.27. The van der Waals surface area contributed by atoms with Crippen molar-refractivity contribution in [3.63, 3.8) is 0 Å². The van der Waals surface area contributed by atoms with Crippen molar-refractivity contribution in [3.8, 4) is 33.0 Å². The number of carbonyl (C=O) groups excluding carboxylic acids is 1. The highest BCUT2D eigenvalue weighted by atomic mass is 32.1. The maximum Gasteiger partial charge on any atom is 0.258 e. The second-order valence-corrected chi connectivity index (χ2v) is 9.79. The summed E-state index contributed by atoms with van der Waals surface area (Å²) in [5, 5.41) is 8.35. The van der Waals surface area contributed by atoms with Crippen LogP contribution in [0, 0.1) is 0 Å². The van der Waals surface area contributed by atoms with Crippen LogP contribution in [0.2, 0.25) is 0 Å². The van der Waals surface area contributed by atoms with Crippen LogP contribution >= 0.6 is 22.7 Å². The molecule has 0 atom stereocenters. The van der Waals surface area contributed by atoms with E-state index in [-0.39, 0.29) is 5.91 Å². The van der Waals surface area contributed by atoms with Crippen LogP contribution in [0.15, 0.2) is 108 Å². The van der Waals surface area contributed by atoms with Gasteiger partial charge in [-0.25, -0.2) is 9.97 Å². The molecule has 168 valence electrons. The summed E-state index contributed by atoms with van der Waals surface area (Å²) >= 11 is 3.02. The number of aromatic nitrogens is 2. The van der Waals surface area contributed by atoms with Gasteiger partial charge in [-0.05, 0) is 34.7 Å². The second kappa shape index (κ2) is 9.25. The molecule has 3 aromatic heterocycles. The Kier molecular flexibility index (Phi) is 5.66. The molecule has 6 heteroatoms. The number of thiophene rings is 1. The minimum Gasteiger partial charge on any atom is -0.298 e. The summed E-state index contributed by atoms with van der Waals surface area (Å²) in [7, 11) is 0. The Bertz CT molecular complexity index is 1620. The van der Waals surface area contributed by atoms with Crippen LogP contribution in [-0.2, 0) is 0 Å². The molecule has 0 aliphatic carbocycles. The third kappa shape index (κ3) is 4.37. The van der Waals surface area contributed by atoms with E-state index in [2.05, 4.69) is 46.7 Å². The molecule has 6 rings (SSSR count). The number of anilines is 1. The van der Waals surface area contributed by atoms with Crippen LogP contribution in [0.25, 0.3) is 43.9 Å². The molecule has 3 aromatic carbocycles. The van der Waals surface area contributed by atoms with Gasteiger partial charge in [0.1, 0.15) is 0 Å². The Morgan fingerprint density at radius 2 is 1.43 bits per heavy atom. The fourth-order valence-electron chi connectivity index (χ4n) is 4.01. The molecule has 0 spiro atoms. The molecule has 0 bridgehead atoms. The third-order valence-corrected chi connectivity index (χ3v) is 7.40.